The Morgan fingerprint density at radius 2 is 1.89 bits per heavy atom. The highest BCUT2D eigenvalue weighted by Crippen LogP contribution is 2.16. The number of hydrogen-bond acceptors (Lipinski definition) is 4. The zero-order chi connectivity index (χ0) is 19.9. The Labute approximate surface area is 163 Å². The molecule has 0 saturated heterocycles. The van der Waals surface area contributed by atoms with Gasteiger partial charge in [0, 0.05) is 19.7 Å². The van der Waals surface area contributed by atoms with Crippen molar-refractivity contribution in [3.8, 4) is 11.4 Å². The van der Waals surface area contributed by atoms with Crippen LogP contribution in [0.5, 0.6) is 5.75 Å². The number of nitrogens with one attached hydrogen (secondary N) is 2. The summed E-state index contributed by atoms with van der Waals surface area (Å²) in [5, 5.41) is 5.65. The molecule has 2 amide bonds. The van der Waals surface area contributed by atoms with Crippen LogP contribution >= 0.6 is 0 Å². The average molecular weight is 378 g/mol. The van der Waals surface area contributed by atoms with E-state index < -0.39 is 0 Å². The van der Waals surface area contributed by atoms with Gasteiger partial charge in [0.15, 0.2) is 0 Å². The van der Waals surface area contributed by atoms with Gasteiger partial charge in [-0.15, -0.1) is 0 Å². The molecule has 0 spiro atoms. The predicted octanol–water partition coefficient (Wildman–Crippen LogP) is 2.45. The highest BCUT2D eigenvalue weighted by Gasteiger charge is 2.13. The summed E-state index contributed by atoms with van der Waals surface area (Å²) in [7, 11) is 1.61. The Balaban J connectivity index is 1.74. The third kappa shape index (κ3) is 4.76. The van der Waals surface area contributed by atoms with Crippen LogP contribution in [0.4, 0.5) is 0 Å². The third-order valence-electron chi connectivity index (χ3n) is 4.17. The second-order valence-corrected chi connectivity index (χ2v) is 6.23. The van der Waals surface area contributed by atoms with Crippen LogP contribution in [0.25, 0.3) is 5.69 Å². The fraction of sp³-hybridized carbons (Fsp3) is 0.190. The summed E-state index contributed by atoms with van der Waals surface area (Å²) in [6, 6.07) is 14.9. The van der Waals surface area contributed by atoms with Crippen molar-refractivity contribution in [3.63, 3.8) is 0 Å². The Hall–Kier alpha value is -3.61. The van der Waals surface area contributed by atoms with Crippen molar-refractivity contribution in [2.45, 2.75) is 20.0 Å². The van der Waals surface area contributed by atoms with Crippen LogP contribution in [0, 0.1) is 0 Å². The summed E-state index contributed by atoms with van der Waals surface area (Å²) in [6.07, 6.45) is 3.43. The smallest absolute Gasteiger partial charge is 0.253 e. The van der Waals surface area contributed by atoms with Crippen LogP contribution in [-0.4, -0.2) is 28.5 Å². The van der Waals surface area contributed by atoms with Gasteiger partial charge in [-0.2, -0.15) is 0 Å². The van der Waals surface area contributed by atoms with E-state index in [0.29, 0.717) is 30.0 Å². The number of amides is 2. The second kappa shape index (κ2) is 8.85. The van der Waals surface area contributed by atoms with Crippen LogP contribution in [0.15, 0.2) is 61.1 Å². The van der Waals surface area contributed by atoms with Crippen LogP contribution < -0.4 is 15.4 Å². The lowest BCUT2D eigenvalue weighted by atomic mass is 10.1. The van der Waals surface area contributed by atoms with Crippen LogP contribution in [0.2, 0.25) is 0 Å². The van der Waals surface area contributed by atoms with Crippen molar-refractivity contribution in [2.24, 2.45) is 0 Å². The first-order valence-corrected chi connectivity index (χ1v) is 8.84. The molecule has 0 unspecified atom stereocenters. The molecule has 3 rings (SSSR count). The van der Waals surface area contributed by atoms with Crippen LogP contribution in [0.1, 0.15) is 28.5 Å². The molecule has 0 bridgehead atoms. The largest absolute Gasteiger partial charge is 0.497 e. The Morgan fingerprint density at radius 1 is 1.07 bits per heavy atom. The first-order chi connectivity index (χ1) is 13.6. The summed E-state index contributed by atoms with van der Waals surface area (Å²) in [6.45, 7) is 2.19. The van der Waals surface area contributed by atoms with Gasteiger partial charge in [-0.1, -0.05) is 24.3 Å². The van der Waals surface area contributed by atoms with Gasteiger partial charge in [-0.3, -0.25) is 9.59 Å². The minimum atomic E-state index is -0.185. The molecule has 2 aromatic carbocycles. The Kier molecular flexibility index (Phi) is 6.06. The molecule has 0 saturated carbocycles. The maximum atomic E-state index is 12.8. The van der Waals surface area contributed by atoms with Crippen molar-refractivity contribution in [1.29, 1.82) is 0 Å². The molecule has 0 aliphatic carbocycles. The molecule has 2 N–H and O–H groups in total. The molecular weight excluding hydrogens is 356 g/mol. The van der Waals surface area contributed by atoms with E-state index in [0.717, 1.165) is 11.3 Å². The van der Waals surface area contributed by atoms with Gasteiger partial charge in [0.25, 0.3) is 5.91 Å². The topological polar surface area (TPSA) is 85.2 Å². The molecule has 1 heterocycles. The minimum Gasteiger partial charge on any atom is -0.497 e. The lowest BCUT2D eigenvalue weighted by molar-refractivity contribution is -0.119. The lowest BCUT2D eigenvalue weighted by Gasteiger charge is -2.11. The Morgan fingerprint density at radius 3 is 2.68 bits per heavy atom. The summed E-state index contributed by atoms with van der Waals surface area (Å²) in [5.41, 5.74) is 2.91. The quantitative estimate of drug-likeness (QED) is 0.661. The van der Waals surface area contributed by atoms with Gasteiger partial charge in [0.05, 0.1) is 36.9 Å². The van der Waals surface area contributed by atoms with Gasteiger partial charge >= 0.3 is 0 Å². The van der Waals surface area contributed by atoms with E-state index in [-0.39, 0.29) is 11.8 Å². The molecule has 0 fully saturated rings. The number of aromatic nitrogens is 2. The van der Waals surface area contributed by atoms with E-state index in [4.69, 9.17) is 4.74 Å². The van der Waals surface area contributed by atoms with E-state index >= 15 is 0 Å². The zero-order valence-corrected chi connectivity index (χ0v) is 15.8. The molecule has 28 heavy (non-hydrogen) atoms. The monoisotopic (exact) mass is 378 g/mol. The van der Waals surface area contributed by atoms with Gasteiger partial charge in [0.2, 0.25) is 5.91 Å². The van der Waals surface area contributed by atoms with Crippen LogP contribution in [-0.2, 0) is 17.9 Å². The summed E-state index contributed by atoms with van der Waals surface area (Å²) in [5.74, 6) is 0.444. The normalized spacial score (nSPS) is 10.4. The Bertz CT molecular complexity index is 981. The van der Waals surface area contributed by atoms with Crippen molar-refractivity contribution in [3.05, 3.63) is 77.9 Å². The van der Waals surface area contributed by atoms with E-state index in [1.165, 1.54) is 6.92 Å². The van der Waals surface area contributed by atoms with E-state index in [1.54, 1.807) is 30.3 Å². The molecule has 0 radical (unpaired) electrons. The van der Waals surface area contributed by atoms with Crippen molar-refractivity contribution >= 4 is 11.8 Å². The standard InChI is InChI=1S/C21H22N4O3/c1-15(26)22-12-17-13-25(14-24-17)20-9-4-3-8-19(20)21(27)23-11-16-6-5-7-18(10-16)28-2/h3-10,13-14H,11-12H2,1-2H3,(H,22,26)(H,23,27). The van der Waals surface area contributed by atoms with Crippen molar-refractivity contribution in [1.82, 2.24) is 20.2 Å². The van der Waals surface area contributed by atoms with E-state index in [1.807, 2.05) is 42.5 Å². The first kappa shape index (κ1) is 19.2. The number of carbonyl (C=O) groups excluding carboxylic acids is 2. The SMILES string of the molecule is COc1cccc(CNC(=O)c2ccccc2-n2cnc(CNC(C)=O)c2)c1. The number of methoxy groups -OCH3 is 1. The highest BCUT2D eigenvalue weighted by atomic mass is 16.5. The number of imidazole rings is 1. The fourth-order valence-corrected chi connectivity index (χ4v) is 2.75. The second-order valence-electron chi connectivity index (χ2n) is 6.23. The number of ether oxygens (including phenoxy) is 1. The molecule has 7 nitrogen and oxygen atoms in total. The van der Waals surface area contributed by atoms with Crippen molar-refractivity contribution < 1.29 is 14.3 Å². The zero-order valence-electron chi connectivity index (χ0n) is 15.8. The summed E-state index contributed by atoms with van der Waals surface area (Å²) < 4.78 is 6.99. The minimum absolute atomic E-state index is 0.119. The van der Waals surface area contributed by atoms with Gasteiger partial charge in [-0.25, -0.2) is 4.98 Å². The third-order valence-corrected chi connectivity index (χ3v) is 4.17. The number of nitrogens with zero attached hydrogens (tertiary/aromatic N) is 2. The lowest BCUT2D eigenvalue weighted by Crippen LogP contribution is -2.24. The molecule has 144 valence electrons. The van der Waals surface area contributed by atoms with E-state index in [2.05, 4.69) is 15.6 Å². The molecule has 7 heteroatoms. The number of carbonyl (C=O) groups is 2. The molecule has 0 atom stereocenters. The van der Waals surface area contributed by atoms with E-state index in [9.17, 15) is 9.59 Å². The number of para-hydroxylation sites is 1. The van der Waals surface area contributed by atoms with Gasteiger partial charge in [-0.05, 0) is 29.8 Å². The number of rotatable bonds is 7. The summed E-state index contributed by atoms with van der Waals surface area (Å²) >= 11 is 0. The predicted molar refractivity (Wildman–Crippen MR) is 105 cm³/mol. The summed E-state index contributed by atoms with van der Waals surface area (Å²) in [4.78, 5) is 28.1. The number of benzene rings is 2. The highest BCUT2D eigenvalue weighted by molar-refractivity contribution is 5.97. The van der Waals surface area contributed by atoms with Gasteiger partial charge in [0.1, 0.15) is 5.75 Å². The fourth-order valence-electron chi connectivity index (χ4n) is 2.75. The van der Waals surface area contributed by atoms with Crippen LogP contribution in [0.3, 0.4) is 0 Å². The number of hydrogen-bond donors (Lipinski definition) is 2. The molecule has 0 aliphatic rings. The van der Waals surface area contributed by atoms with Crippen molar-refractivity contribution in [2.75, 3.05) is 7.11 Å². The molecule has 0 aliphatic heterocycles. The maximum absolute atomic E-state index is 12.8. The maximum Gasteiger partial charge on any atom is 0.253 e. The molecule has 3 aromatic rings. The molecular formula is C21H22N4O3. The average Bonchev–Trinajstić information content (AvgIpc) is 3.19. The first-order valence-electron chi connectivity index (χ1n) is 8.84. The molecule has 1 aromatic heterocycles. The van der Waals surface area contributed by atoms with Gasteiger partial charge < -0.3 is 19.9 Å².